The van der Waals surface area contributed by atoms with Crippen molar-refractivity contribution in [1.29, 1.82) is 0 Å². The smallest absolute Gasteiger partial charge is 0.128 e. The van der Waals surface area contributed by atoms with Crippen LogP contribution in [0.2, 0.25) is 0 Å². The van der Waals surface area contributed by atoms with Gasteiger partial charge in [-0.05, 0) is 37.1 Å². The number of hydrogen-bond donors (Lipinski definition) is 2. The first-order valence-corrected chi connectivity index (χ1v) is 6.24. The fourth-order valence-electron chi connectivity index (χ4n) is 1.97. The average molecular weight is 245 g/mol. The lowest BCUT2D eigenvalue weighted by atomic mass is 10.2. The van der Waals surface area contributed by atoms with E-state index in [2.05, 4.69) is 21.8 Å². The van der Waals surface area contributed by atoms with E-state index in [0.29, 0.717) is 12.3 Å². The molecule has 2 rings (SSSR count). The van der Waals surface area contributed by atoms with Crippen LogP contribution >= 0.6 is 0 Å². The molecule has 1 aromatic heterocycles. The third-order valence-corrected chi connectivity index (χ3v) is 2.91. The third kappa shape index (κ3) is 2.83. The summed E-state index contributed by atoms with van der Waals surface area (Å²) in [5.41, 5.74) is 2.06. The Morgan fingerprint density at radius 1 is 1.39 bits per heavy atom. The molecule has 2 aromatic rings. The Hall–Kier alpha value is -1.97. The van der Waals surface area contributed by atoms with E-state index in [1.54, 1.807) is 12.1 Å². The Morgan fingerprint density at radius 2 is 2.22 bits per heavy atom. The predicted molar refractivity (Wildman–Crippen MR) is 72.7 cm³/mol. The molecule has 4 nitrogen and oxygen atoms in total. The van der Waals surface area contributed by atoms with Crippen molar-refractivity contribution in [1.82, 2.24) is 9.55 Å². The molecule has 2 N–H and O–H groups in total. The van der Waals surface area contributed by atoms with E-state index in [0.717, 1.165) is 30.0 Å². The SMILES string of the molecule is CCCn1ccnc1CNc1ccc(O)cc1C. The molecule has 0 radical (unpaired) electrons. The maximum absolute atomic E-state index is 9.36. The van der Waals surface area contributed by atoms with Gasteiger partial charge in [0.2, 0.25) is 0 Å². The molecule has 0 amide bonds. The summed E-state index contributed by atoms with van der Waals surface area (Å²) in [4.78, 5) is 4.35. The first-order chi connectivity index (χ1) is 8.70. The lowest BCUT2D eigenvalue weighted by Gasteiger charge is -2.11. The van der Waals surface area contributed by atoms with E-state index >= 15 is 0 Å². The number of aromatic nitrogens is 2. The van der Waals surface area contributed by atoms with Gasteiger partial charge in [-0.25, -0.2) is 4.98 Å². The van der Waals surface area contributed by atoms with Crippen molar-refractivity contribution in [3.63, 3.8) is 0 Å². The number of nitrogens with zero attached hydrogens (tertiary/aromatic N) is 2. The number of aryl methyl sites for hydroxylation is 2. The highest BCUT2D eigenvalue weighted by Crippen LogP contribution is 2.20. The van der Waals surface area contributed by atoms with Gasteiger partial charge in [-0.3, -0.25) is 0 Å². The van der Waals surface area contributed by atoms with Crippen molar-refractivity contribution in [2.75, 3.05) is 5.32 Å². The molecule has 1 heterocycles. The van der Waals surface area contributed by atoms with E-state index in [-0.39, 0.29) is 0 Å². The zero-order valence-corrected chi connectivity index (χ0v) is 10.8. The number of aromatic hydroxyl groups is 1. The molecule has 0 saturated heterocycles. The fourth-order valence-corrected chi connectivity index (χ4v) is 1.97. The largest absolute Gasteiger partial charge is 0.508 e. The molecule has 0 atom stereocenters. The molecule has 96 valence electrons. The number of phenols is 1. The molecule has 0 fully saturated rings. The van der Waals surface area contributed by atoms with E-state index in [1.165, 1.54) is 0 Å². The minimum absolute atomic E-state index is 0.297. The number of rotatable bonds is 5. The highest BCUT2D eigenvalue weighted by molar-refractivity contribution is 5.53. The van der Waals surface area contributed by atoms with Crippen LogP contribution in [-0.2, 0) is 13.1 Å². The first-order valence-electron chi connectivity index (χ1n) is 6.24. The molecular weight excluding hydrogens is 226 g/mol. The topological polar surface area (TPSA) is 50.1 Å². The van der Waals surface area contributed by atoms with Crippen LogP contribution in [0.4, 0.5) is 5.69 Å². The summed E-state index contributed by atoms with van der Waals surface area (Å²) in [5, 5.41) is 12.7. The molecule has 4 heteroatoms. The molecule has 0 unspecified atom stereocenters. The highest BCUT2D eigenvalue weighted by atomic mass is 16.3. The second-order valence-electron chi connectivity index (χ2n) is 4.39. The zero-order chi connectivity index (χ0) is 13.0. The molecule has 0 aliphatic rings. The fraction of sp³-hybridized carbons (Fsp3) is 0.357. The van der Waals surface area contributed by atoms with Crippen LogP contribution in [0.3, 0.4) is 0 Å². The van der Waals surface area contributed by atoms with Crippen LogP contribution < -0.4 is 5.32 Å². The minimum atomic E-state index is 0.297. The number of imidazole rings is 1. The summed E-state index contributed by atoms with van der Waals surface area (Å²) in [7, 11) is 0. The molecule has 1 aromatic carbocycles. The first kappa shape index (κ1) is 12.5. The highest BCUT2D eigenvalue weighted by Gasteiger charge is 2.03. The molecule has 0 aliphatic carbocycles. The molecule has 0 bridgehead atoms. The number of hydrogen-bond acceptors (Lipinski definition) is 3. The van der Waals surface area contributed by atoms with Gasteiger partial charge in [0.1, 0.15) is 11.6 Å². The van der Waals surface area contributed by atoms with Gasteiger partial charge >= 0.3 is 0 Å². The van der Waals surface area contributed by atoms with E-state index in [9.17, 15) is 5.11 Å². The Bertz CT molecular complexity index is 520. The van der Waals surface area contributed by atoms with Crippen molar-refractivity contribution in [2.45, 2.75) is 33.4 Å². The van der Waals surface area contributed by atoms with Gasteiger partial charge in [-0.15, -0.1) is 0 Å². The van der Waals surface area contributed by atoms with Crippen molar-refractivity contribution >= 4 is 5.69 Å². The standard InChI is InChI=1S/C14H19N3O/c1-3-7-17-8-6-15-14(17)10-16-13-5-4-12(18)9-11(13)2/h4-6,8-9,16,18H,3,7,10H2,1-2H3. The van der Waals surface area contributed by atoms with Gasteiger partial charge in [-0.2, -0.15) is 0 Å². The van der Waals surface area contributed by atoms with Crippen LogP contribution in [0.5, 0.6) is 5.75 Å². The maximum Gasteiger partial charge on any atom is 0.128 e. The van der Waals surface area contributed by atoms with Gasteiger partial charge in [0, 0.05) is 24.6 Å². The summed E-state index contributed by atoms with van der Waals surface area (Å²) in [5.74, 6) is 1.33. The van der Waals surface area contributed by atoms with Crippen molar-refractivity contribution in [3.8, 4) is 5.75 Å². The molecule has 0 spiro atoms. The molecule has 0 saturated carbocycles. The van der Waals surface area contributed by atoms with Crippen molar-refractivity contribution in [2.24, 2.45) is 0 Å². The summed E-state index contributed by atoms with van der Waals surface area (Å²) in [6.07, 6.45) is 4.93. The van der Waals surface area contributed by atoms with E-state index < -0.39 is 0 Å². The van der Waals surface area contributed by atoms with Gasteiger partial charge in [0.05, 0.1) is 6.54 Å². The lowest BCUT2D eigenvalue weighted by Crippen LogP contribution is -2.08. The lowest BCUT2D eigenvalue weighted by molar-refractivity contribution is 0.475. The third-order valence-electron chi connectivity index (χ3n) is 2.91. The number of nitrogens with one attached hydrogen (secondary N) is 1. The predicted octanol–water partition coefficient (Wildman–Crippen LogP) is 2.92. The Morgan fingerprint density at radius 3 is 2.94 bits per heavy atom. The number of anilines is 1. The maximum atomic E-state index is 9.36. The van der Waals surface area contributed by atoms with Crippen LogP contribution in [0, 0.1) is 6.92 Å². The van der Waals surface area contributed by atoms with Gasteiger partial charge in [0.15, 0.2) is 0 Å². The molecule has 0 aliphatic heterocycles. The zero-order valence-electron chi connectivity index (χ0n) is 10.8. The van der Waals surface area contributed by atoms with Crippen LogP contribution in [-0.4, -0.2) is 14.7 Å². The molecule has 18 heavy (non-hydrogen) atoms. The summed E-state index contributed by atoms with van der Waals surface area (Å²) >= 11 is 0. The minimum Gasteiger partial charge on any atom is -0.508 e. The van der Waals surface area contributed by atoms with Crippen LogP contribution in [0.1, 0.15) is 24.7 Å². The normalized spacial score (nSPS) is 10.6. The summed E-state index contributed by atoms with van der Waals surface area (Å²) < 4.78 is 2.16. The molecular formula is C14H19N3O. The van der Waals surface area contributed by atoms with Crippen molar-refractivity contribution in [3.05, 3.63) is 42.0 Å². The second kappa shape index (κ2) is 5.58. The Labute approximate surface area is 107 Å². The Kier molecular flexibility index (Phi) is 3.87. The van der Waals surface area contributed by atoms with E-state index in [4.69, 9.17) is 0 Å². The Balaban J connectivity index is 2.04. The van der Waals surface area contributed by atoms with E-state index in [1.807, 2.05) is 25.4 Å². The van der Waals surface area contributed by atoms with Gasteiger partial charge in [-0.1, -0.05) is 6.92 Å². The summed E-state index contributed by atoms with van der Waals surface area (Å²) in [6.45, 7) is 5.81. The van der Waals surface area contributed by atoms with Gasteiger partial charge in [0.25, 0.3) is 0 Å². The van der Waals surface area contributed by atoms with Crippen LogP contribution in [0.15, 0.2) is 30.6 Å². The van der Waals surface area contributed by atoms with Crippen LogP contribution in [0.25, 0.3) is 0 Å². The monoisotopic (exact) mass is 245 g/mol. The average Bonchev–Trinajstić information content (AvgIpc) is 2.76. The number of phenolic OH excluding ortho intramolecular Hbond substituents is 1. The quantitative estimate of drug-likeness (QED) is 0.796. The van der Waals surface area contributed by atoms with Gasteiger partial charge < -0.3 is 15.0 Å². The van der Waals surface area contributed by atoms with Crippen molar-refractivity contribution < 1.29 is 5.11 Å². The number of benzene rings is 1. The summed E-state index contributed by atoms with van der Waals surface area (Å²) in [6, 6.07) is 5.33. The second-order valence-corrected chi connectivity index (χ2v) is 4.39.